The summed E-state index contributed by atoms with van der Waals surface area (Å²) in [5.41, 5.74) is -0.869. The van der Waals surface area contributed by atoms with Gasteiger partial charge in [0.2, 0.25) is 5.91 Å². The summed E-state index contributed by atoms with van der Waals surface area (Å²) in [5.74, 6) is -2.06. The van der Waals surface area contributed by atoms with E-state index in [1.165, 1.54) is 30.9 Å². The van der Waals surface area contributed by atoms with Crippen LogP contribution in [0.1, 0.15) is 23.5 Å². The molecule has 0 aliphatic rings. The Kier molecular flexibility index (Phi) is 8.70. The first-order valence-electron chi connectivity index (χ1n) is 10.9. The number of hydrogen-bond acceptors (Lipinski definition) is 5. The number of likely N-dealkylation sites (N-methyl/N-ethyl adjacent to an activating group) is 1. The number of nitrogens with zero attached hydrogens (tertiary/aromatic N) is 3. The number of carbonyl (C=O) groups excluding carboxylic acids is 2. The van der Waals surface area contributed by atoms with Gasteiger partial charge >= 0.3 is 11.9 Å². The highest BCUT2D eigenvalue weighted by Crippen LogP contribution is 2.32. The van der Waals surface area contributed by atoms with Crippen molar-refractivity contribution in [1.29, 1.82) is 0 Å². The Morgan fingerprint density at radius 1 is 1.17 bits per heavy atom. The molecule has 3 rings (SSSR count). The summed E-state index contributed by atoms with van der Waals surface area (Å²) in [6.07, 6.45) is -5.03. The van der Waals surface area contributed by atoms with E-state index in [0.717, 1.165) is 16.8 Å². The molecule has 2 aromatic carbocycles. The lowest BCUT2D eigenvalue weighted by Crippen LogP contribution is -2.31. The van der Waals surface area contributed by atoms with Gasteiger partial charge in [-0.05, 0) is 35.9 Å². The Balaban J connectivity index is 1.90. The third kappa shape index (κ3) is 6.41. The van der Waals surface area contributed by atoms with Crippen molar-refractivity contribution < 1.29 is 27.5 Å². The van der Waals surface area contributed by atoms with Crippen LogP contribution in [0.15, 0.2) is 53.3 Å². The summed E-state index contributed by atoms with van der Waals surface area (Å²) in [5, 5.41) is 7.17. The Bertz CT molecular complexity index is 1290. The zero-order chi connectivity index (χ0) is 26.5. The number of aromatic nitrogens is 3. The molecule has 36 heavy (non-hydrogen) atoms. The summed E-state index contributed by atoms with van der Waals surface area (Å²) < 4.78 is 46.9. The fraction of sp³-hybridized carbons (Fsp3) is 0.333. The average Bonchev–Trinajstić information content (AvgIpc) is 3.15. The first-order valence-corrected chi connectivity index (χ1v) is 11.3. The van der Waals surface area contributed by atoms with E-state index >= 15 is 0 Å². The molecule has 0 saturated carbocycles. The van der Waals surface area contributed by atoms with Crippen molar-refractivity contribution >= 4 is 23.3 Å². The SMILES string of the molecule is CNC(=O)C(CC(=O)Cn1nc(-c2ccc(Cl)cc2)n(CCOC)c1=O)c1cccc(C(F)(F)F)c1. The van der Waals surface area contributed by atoms with Gasteiger partial charge in [-0.15, -0.1) is 5.10 Å². The molecule has 0 bridgehead atoms. The van der Waals surface area contributed by atoms with Gasteiger partial charge in [0.1, 0.15) is 6.54 Å². The Morgan fingerprint density at radius 2 is 1.86 bits per heavy atom. The zero-order valence-electron chi connectivity index (χ0n) is 19.5. The van der Waals surface area contributed by atoms with Crippen molar-refractivity contribution in [2.45, 2.75) is 31.6 Å². The summed E-state index contributed by atoms with van der Waals surface area (Å²) in [7, 11) is 2.81. The molecule has 0 saturated heterocycles. The standard InChI is InChI=1S/C24H24ClF3N4O4/c1-29-22(34)20(16-4-3-5-17(12-16)24(26,27)28)13-19(33)14-32-23(35)31(10-11-36-2)21(30-32)15-6-8-18(25)9-7-15/h3-9,12,20H,10-11,13-14H2,1-2H3,(H,29,34). The largest absolute Gasteiger partial charge is 0.416 e. The first-order chi connectivity index (χ1) is 17.0. The van der Waals surface area contributed by atoms with Gasteiger partial charge < -0.3 is 10.1 Å². The highest BCUT2D eigenvalue weighted by atomic mass is 35.5. The second-order valence-electron chi connectivity index (χ2n) is 7.95. The van der Waals surface area contributed by atoms with E-state index in [9.17, 15) is 27.6 Å². The van der Waals surface area contributed by atoms with Gasteiger partial charge in [0, 0.05) is 31.2 Å². The lowest BCUT2D eigenvalue weighted by Gasteiger charge is -2.17. The highest BCUT2D eigenvalue weighted by molar-refractivity contribution is 6.30. The molecule has 0 aliphatic heterocycles. The van der Waals surface area contributed by atoms with Crippen molar-refractivity contribution in [1.82, 2.24) is 19.7 Å². The second kappa shape index (κ2) is 11.5. The molecule has 0 fully saturated rings. The fourth-order valence-corrected chi connectivity index (χ4v) is 3.79. The molecule has 0 aliphatic carbocycles. The molecule has 0 radical (unpaired) electrons. The van der Waals surface area contributed by atoms with Gasteiger partial charge in [-0.25, -0.2) is 9.48 Å². The van der Waals surface area contributed by atoms with Crippen molar-refractivity contribution in [2.75, 3.05) is 20.8 Å². The maximum absolute atomic E-state index is 13.2. The van der Waals surface area contributed by atoms with E-state index in [0.29, 0.717) is 16.4 Å². The first kappa shape index (κ1) is 27.2. The smallest absolute Gasteiger partial charge is 0.383 e. The van der Waals surface area contributed by atoms with Crippen LogP contribution < -0.4 is 11.0 Å². The molecule has 1 N–H and O–H groups in total. The van der Waals surface area contributed by atoms with Crippen LogP contribution in [0.25, 0.3) is 11.4 Å². The van der Waals surface area contributed by atoms with E-state index in [2.05, 4.69) is 10.4 Å². The quantitative estimate of drug-likeness (QED) is 0.438. The Hall–Kier alpha value is -3.44. The van der Waals surface area contributed by atoms with Gasteiger partial charge in [0.05, 0.1) is 24.6 Å². The summed E-state index contributed by atoms with van der Waals surface area (Å²) in [4.78, 5) is 38.4. The molecule has 192 valence electrons. The van der Waals surface area contributed by atoms with Crippen LogP contribution in [0.5, 0.6) is 0 Å². The maximum Gasteiger partial charge on any atom is 0.416 e. The predicted octanol–water partition coefficient (Wildman–Crippen LogP) is 3.52. The average molecular weight is 525 g/mol. The monoisotopic (exact) mass is 524 g/mol. The van der Waals surface area contributed by atoms with Crippen LogP contribution >= 0.6 is 11.6 Å². The minimum absolute atomic E-state index is 0.0392. The van der Waals surface area contributed by atoms with E-state index in [1.54, 1.807) is 24.3 Å². The number of amides is 1. The molecule has 12 heteroatoms. The van der Waals surface area contributed by atoms with Crippen molar-refractivity contribution in [3.63, 3.8) is 0 Å². The number of nitrogens with one attached hydrogen (secondary N) is 1. The molecule has 3 aromatic rings. The second-order valence-corrected chi connectivity index (χ2v) is 8.38. The minimum atomic E-state index is -4.60. The molecular formula is C24H24ClF3N4O4. The highest BCUT2D eigenvalue weighted by Gasteiger charge is 2.32. The lowest BCUT2D eigenvalue weighted by atomic mass is 9.91. The normalized spacial score (nSPS) is 12.4. The minimum Gasteiger partial charge on any atom is -0.383 e. The van der Waals surface area contributed by atoms with Gasteiger partial charge in [0.25, 0.3) is 0 Å². The van der Waals surface area contributed by atoms with Gasteiger partial charge in [-0.3, -0.25) is 14.2 Å². The van der Waals surface area contributed by atoms with Crippen LogP contribution in [0.3, 0.4) is 0 Å². The van der Waals surface area contributed by atoms with Gasteiger partial charge in [-0.2, -0.15) is 13.2 Å². The van der Waals surface area contributed by atoms with Crippen LogP contribution in [-0.4, -0.2) is 46.8 Å². The number of ketones is 1. The van der Waals surface area contributed by atoms with E-state index in [4.69, 9.17) is 16.3 Å². The number of methoxy groups -OCH3 is 1. The van der Waals surface area contributed by atoms with Gasteiger partial charge in [-0.1, -0.05) is 29.8 Å². The number of ether oxygens (including phenoxy) is 1. The van der Waals surface area contributed by atoms with Crippen LogP contribution in [-0.2, 0) is 33.6 Å². The zero-order valence-corrected chi connectivity index (χ0v) is 20.3. The van der Waals surface area contributed by atoms with Crippen molar-refractivity contribution in [3.8, 4) is 11.4 Å². The molecule has 1 atom stereocenters. The molecule has 1 aromatic heterocycles. The molecule has 1 amide bonds. The third-order valence-electron chi connectivity index (χ3n) is 5.48. The van der Waals surface area contributed by atoms with E-state index < -0.39 is 48.0 Å². The molecule has 0 spiro atoms. The summed E-state index contributed by atoms with van der Waals surface area (Å²) in [6.45, 7) is -0.0765. The topological polar surface area (TPSA) is 95.2 Å². The molecule has 1 heterocycles. The van der Waals surface area contributed by atoms with Crippen LogP contribution in [0.4, 0.5) is 13.2 Å². The van der Waals surface area contributed by atoms with Crippen LogP contribution in [0, 0.1) is 0 Å². The van der Waals surface area contributed by atoms with E-state index in [1.807, 2.05) is 0 Å². The number of rotatable bonds is 10. The predicted molar refractivity (Wildman–Crippen MR) is 127 cm³/mol. The number of halogens is 4. The van der Waals surface area contributed by atoms with Gasteiger partial charge in [0.15, 0.2) is 11.6 Å². The number of hydrogen-bond donors (Lipinski definition) is 1. The number of carbonyl (C=O) groups is 2. The Labute approximate surface area is 209 Å². The molecular weight excluding hydrogens is 501 g/mol. The number of benzene rings is 2. The van der Waals surface area contributed by atoms with Crippen LogP contribution in [0.2, 0.25) is 5.02 Å². The molecule has 1 unspecified atom stereocenters. The fourth-order valence-electron chi connectivity index (χ4n) is 3.67. The van der Waals surface area contributed by atoms with Crippen molar-refractivity contribution in [3.05, 3.63) is 75.2 Å². The summed E-state index contributed by atoms with van der Waals surface area (Å²) in [6, 6.07) is 10.9. The van der Waals surface area contributed by atoms with E-state index in [-0.39, 0.29) is 18.7 Å². The summed E-state index contributed by atoms with van der Waals surface area (Å²) >= 11 is 5.95. The van der Waals surface area contributed by atoms with Crippen molar-refractivity contribution in [2.24, 2.45) is 0 Å². The molecule has 8 nitrogen and oxygen atoms in total. The lowest BCUT2D eigenvalue weighted by molar-refractivity contribution is -0.137. The number of Topliss-reactive ketones (excluding diaryl/α,β-unsaturated/α-hetero) is 1. The number of alkyl halides is 3. The maximum atomic E-state index is 13.2. The Morgan fingerprint density at radius 3 is 2.47 bits per heavy atom. The third-order valence-corrected chi connectivity index (χ3v) is 5.73.